The highest BCUT2D eigenvalue weighted by atomic mass is 19.4. The number of rotatable bonds is 4. The Hall–Kier alpha value is -1.60. The van der Waals surface area contributed by atoms with Crippen LogP contribution in [-0.2, 0) is 15.7 Å². The molecular weight excluding hydrogens is 309 g/mol. The van der Waals surface area contributed by atoms with Crippen LogP contribution in [0.5, 0.6) is 0 Å². The maximum Gasteiger partial charge on any atom is 0.416 e. The molecule has 2 rings (SSSR count). The molecule has 1 aromatic rings. The Bertz CT molecular complexity index is 561. The quantitative estimate of drug-likeness (QED) is 0.892. The number of carbonyl (C=O) groups is 1. The van der Waals surface area contributed by atoms with E-state index in [0.29, 0.717) is 25.9 Å². The minimum Gasteiger partial charge on any atom is -0.384 e. The van der Waals surface area contributed by atoms with Crippen LogP contribution in [0.3, 0.4) is 0 Å². The molecule has 23 heavy (non-hydrogen) atoms. The van der Waals surface area contributed by atoms with Crippen molar-refractivity contribution in [3.63, 3.8) is 0 Å². The first-order chi connectivity index (χ1) is 10.8. The normalized spacial score (nSPS) is 17.8. The predicted octanol–water partition coefficient (Wildman–Crippen LogP) is 2.97. The average Bonchev–Trinajstić information content (AvgIpc) is 2.49. The number of nitrogens with one attached hydrogen (secondary N) is 2. The van der Waals surface area contributed by atoms with Crippen molar-refractivity contribution in [3.05, 3.63) is 29.3 Å². The average molecular weight is 330 g/mol. The molecule has 2 N–H and O–H groups in total. The van der Waals surface area contributed by atoms with Gasteiger partial charge in [-0.15, -0.1) is 0 Å². The number of carbonyl (C=O) groups excluding carboxylic acids is 1. The molecule has 1 fully saturated rings. The lowest BCUT2D eigenvalue weighted by molar-refractivity contribution is -0.138. The second kappa shape index (κ2) is 6.88. The van der Waals surface area contributed by atoms with Crippen LogP contribution in [0.2, 0.25) is 0 Å². The molecule has 128 valence electrons. The van der Waals surface area contributed by atoms with Crippen molar-refractivity contribution >= 4 is 11.6 Å². The minimum atomic E-state index is -4.44. The standard InChI is InChI=1S/C16H21F3N2O2/c1-11-12(16(17,18)19)4-3-5-13(11)21-14(22)15(10-23-2)6-8-20-9-7-15/h3-5,20H,6-10H2,1-2H3,(H,21,22). The van der Waals surface area contributed by atoms with Crippen molar-refractivity contribution in [1.82, 2.24) is 5.32 Å². The van der Waals surface area contributed by atoms with Crippen LogP contribution in [0.1, 0.15) is 24.0 Å². The zero-order valence-corrected chi connectivity index (χ0v) is 13.2. The summed E-state index contributed by atoms with van der Waals surface area (Å²) >= 11 is 0. The first kappa shape index (κ1) is 17.7. The van der Waals surface area contributed by atoms with E-state index in [1.807, 2.05) is 0 Å². The molecular formula is C16H21F3N2O2. The number of alkyl halides is 3. The topological polar surface area (TPSA) is 50.4 Å². The van der Waals surface area contributed by atoms with Crippen LogP contribution >= 0.6 is 0 Å². The summed E-state index contributed by atoms with van der Waals surface area (Å²) in [5.74, 6) is -0.289. The summed E-state index contributed by atoms with van der Waals surface area (Å²) in [7, 11) is 1.52. The molecule has 0 bridgehead atoms. The number of hydrogen-bond donors (Lipinski definition) is 2. The molecule has 0 radical (unpaired) electrons. The first-order valence-corrected chi connectivity index (χ1v) is 7.48. The van der Waals surface area contributed by atoms with Gasteiger partial charge in [0.15, 0.2) is 0 Å². The fraction of sp³-hybridized carbons (Fsp3) is 0.562. The smallest absolute Gasteiger partial charge is 0.384 e. The third-order valence-electron chi connectivity index (χ3n) is 4.35. The molecule has 0 aliphatic carbocycles. The zero-order chi connectivity index (χ0) is 17.1. The predicted molar refractivity (Wildman–Crippen MR) is 81.2 cm³/mol. The van der Waals surface area contributed by atoms with Gasteiger partial charge in [0.05, 0.1) is 17.6 Å². The van der Waals surface area contributed by atoms with Crippen molar-refractivity contribution in [1.29, 1.82) is 0 Å². The van der Waals surface area contributed by atoms with Gasteiger partial charge in [0.1, 0.15) is 0 Å². The van der Waals surface area contributed by atoms with Gasteiger partial charge < -0.3 is 15.4 Å². The van der Waals surface area contributed by atoms with Crippen LogP contribution < -0.4 is 10.6 Å². The van der Waals surface area contributed by atoms with E-state index in [1.54, 1.807) is 0 Å². The van der Waals surface area contributed by atoms with E-state index in [0.717, 1.165) is 6.07 Å². The van der Waals surface area contributed by atoms with Gasteiger partial charge in [0, 0.05) is 12.8 Å². The van der Waals surface area contributed by atoms with E-state index in [4.69, 9.17) is 4.74 Å². The van der Waals surface area contributed by atoms with E-state index in [-0.39, 0.29) is 23.8 Å². The molecule has 0 unspecified atom stereocenters. The summed E-state index contributed by atoms with van der Waals surface area (Å²) in [6, 6.07) is 3.81. The Morgan fingerprint density at radius 3 is 2.57 bits per heavy atom. The summed E-state index contributed by atoms with van der Waals surface area (Å²) in [5.41, 5.74) is -1.23. The third-order valence-corrected chi connectivity index (χ3v) is 4.35. The van der Waals surface area contributed by atoms with Crippen LogP contribution in [0.25, 0.3) is 0 Å². The maximum absolute atomic E-state index is 13.0. The number of halogens is 3. The van der Waals surface area contributed by atoms with Crippen LogP contribution in [0.4, 0.5) is 18.9 Å². The first-order valence-electron chi connectivity index (χ1n) is 7.48. The lowest BCUT2D eigenvalue weighted by Gasteiger charge is -2.35. The van der Waals surface area contributed by atoms with Gasteiger partial charge in [-0.2, -0.15) is 13.2 Å². The Labute approximate surface area is 133 Å². The van der Waals surface area contributed by atoms with Crippen LogP contribution in [0, 0.1) is 12.3 Å². The number of ether oxygens (including phenoxy) is 1. The van der Waals surface area contributed by atoms with Gasteiger partial charge in [-0.1, -0.05) is 6.07 Å². The lowest BCUT2D eigenvalue weighted by atomic mass is 9.78. The lowest BCUT2D eigenvalue weighted by Crippen LogP contribution is -2.47. The second-order valence-corrected chi connectivity index (χ2v) is 5.89. The highest BCUT2D eigenvalue weighted by molar-refractivity contribution is 5.96. The summed E-state index contributed by atoms with van der Waals surface area (Å²) in [6.45, 7) is 2.97. The minimum absolute atomic E-state index is 0.0230. The maximum atomic E-state index is 13.0. The van der Waals surface area contributed by atoms with Crippen molar-refractivity contribution in [2.24, 2.45) is 5.41 Å². The van der Waals surface area contributed by atoms with Crippen molar-refractivity contribution in [2.45, 2.75) is 25.9 Å². The molecule has 1 heterocycles. The highest BCUT2D eigenvalue weighted by Gasteiger charge is 2.40. The molecule has 0 aromatic heterocycles. The van der Waals surface area contributed by atoms with Gasteiger partial charge >= 0.3 is 6.18 Å². The number of hydrogen-bond acceptors (Lipinski definition) is 3. The SMILES string of the molecule is COCC1(C(=O)Nc2cccc(C(F)(F)F)c2C)CCNCC1. The van der Waals surface area contributed by atoms with Gasteiger partial charge in [-0.25, -0.2) is 0 Å². The molecule has 0 atom stereocenters. The molecule has 1 saturated heterocycles. The van der Waals surface area contributed by atoms with Crippen LogP contribution in [0.15, 0.2) is 18.2 Å². The Kier molecular flexibility index (Phi) is 5.31. The number of benzene rings is 1. The summed E-state index contributed by atoms with van der Waals surface area (Å²) in [4.78, 5) is 12.7. The van der Waals surface area contributed by atoms with E-state index >= 15 is 0 Å². The molecule has 4 nitrogen and oxygen atoms in total. The number of anilines is 1. The second-order valence-electron chi connectivity index (χ2n) is 5.89. The number of methoxy groups -OCH3 is 1. The number of piperidine rings is 1. The van der Waals surface area contributed by atoms with Gasteiger partial charge in [0.25, 0.3) is 0 Å². The van der Waals surface area contributed by atoms with E-state index < -0.39 is 17.2 Å². The van der Waals surface area contributed by atoms with E-state index in [2.05, 4.69) is 10.6 Å². The molecule has 1 amide bonds. The Balaban J connectivity index is 2.25. The zero-order valence-electron chi connectivity index (χ0n) is 13.2. The molecule has 1 aliphatic heterocycles. The molecule has 0 saturated carbocycles. The van der Waals surface area contributed by atoms with Gasteiger partial charge in [-0.3, -0.25) is 4.79 Å². The van der Waals surface area contributed by atoms with Gasteiger partial charge in [-0.05, 0) is 50.6 Å². The number of amides is 1. The highest BCUT2D eigenvalue weighted by Crippen LogP contribution is 2.36. The Morgan fingerprint density at radius 1 is 1.35 bits per heavy atom. The van der Waals surface area contributed by atoms with Gasteiger partial charge in [0.2, 0.25) is 5.91 Å². The summed E-state index contributed by atoms with van der Waals surface area (Å²) < 4.78 is 44.1. The van der Waals surface area contributed by atoms with Crippen molar-refractivity contribution in [3.8, 4) is 0 Å². The van der Waals surface area contributed by atoms with Crippen LogP contribution in [-0.4, -0.2) is 32.7 Å². The molecule has 0 spiro atoms. The summed E-state index contributed by atoms with van der Waals surface area (Å²) in [6.07, 6.45) is -3.26. The Morgan fingerprint density at radius 2 is 2.00 bits per heavy atom. The fourth-order valence-electron chi connectivity index (χ4n) is 2.95. The third kappa shape index (κ3) is 3.84. The molecule has 7 heteroatoms. The molecule has 1 aromatic carbocycles. The molecule has 1 aliphatic rings. The monoisotopic (exact) mass is 330 g/mol. The van der Waals surface area contributed by atoms with E-state index in [1.165, 1.54) is 26.2 Å². The fourth-order valence-corrected chi connectivity index (χ4v) is 2.95. The largest absolute Gasteiger partial charge is 0.416 e. The van der Waals surface area contributed by atoms with Crippen molar-refractivity contribution < 1.29 is 22.7 Å². The van der Waals surface area contributed by atoms with E-state index in [9.17, 15) is 18.0 Å². The summed E-state index contributed by atoms with van der Waals surface area (Å²) in [5, 5.41) is 5.84. The van der Waals surface area contributed by atoms with Crippen molar-refractivity contribution in [2.75, 3.05) is 32.1 Å².